The number of aromatic amines is 1. The first kappa shape index (κ1) is 13.0. The van der Waals surface area contributed by atoms with Gasteiger partial charge in [0, 0.05) is 16.6 Å². The number of nitrogens with one attached hydrogen (secondary N) is 1. The Morgan fingerprint density at radius 1 is 1.44 bits per heavy atom. The van der Waals surface area contributed by atoms with Crippen molar-refractivity contribution in [1.82, 2.24) is 4.98 Å². The van der Waals surface area contributed by atoms with Crippen LogP contribution in [0, 0.1) is 6.92 Å². The minimum atomic E-state index is -0.422. The molecule has 0 aliphatic heterocycles. The molecule has 0 amide bonds. The van der Waals surface area contributed by atoms with Crippen LogP contribution in [0.3, 0.4) is 0 Å². The normalized spacial score (nSPS) is 10.2. The molecule has 1 aromatic heterocycles. The second-order valence-corrected chi connectivity index (χ2v) is 3.95. The molecule has 88 valence electrons. The molecule has 16 heavy (non-hydrogen) atoms. The van der Waals surface area contributed by atoms with Crippen molar-refractivity contribution in [2.75, 3.05) is 6.61 Å². The number of rotatable bonds is 4. The SMILES string of the molecule is CCOC(=O)c1[nH]c(CBr)c(C(C)=O)c1C. The van der Waals surface area contributed by atoms with Gasteiger partial charge in [-0.1, -0.05) is 15.9 Å². The molecule has 1 N–H and O–H groups in total. The quantitative estimate of drug-likeness (QED) is 0.526. The Bertz CT molecular complexity index is 423. The van der Waals surface area contributed by atoms with Gasteiger partial charge in [-0.05, 0) is 26.3 Å². The van der Waals surface area contributed by atoms with Gasteiger partial charge in [-0.25, -0.2) is 4.79 Å². The van der Waals surface area contributed by atoms with Gasteiger partial charge in [0.1, 0.15) is 5.69 Å². The summed E-state index contributed by atoms with van der Waals surface area (Å²) in [5, 5.41) is 0.502. The average molecular weight is 288 g/mol. The van der Waals surface area contributed by atoms with Crippen LogP contribution in [0.4, 0.5) is 0 Å². The van der Waals surface area contributed by atoms with Crippen molar-refractivity contribution in [3.8, 4) is 0 Å². The van der Waals surface area contributed by atoms with Gasteiger partial charge in [-0.2, -0.15) is 0 Å². The first-order chi connectivity index (χ1) is 7.52. The van der Waals surface area contributed by atoms with Crippen molar-refractivity contribution < 1.29 is 14.3 Å². The number of halogens is 1. The van der Waals surface area contributed by atoms with E-state index in [1.807, 2.05) is 0 Å². The predicted molar refractivity (Wildman–Crippen MR) is 64.1 cm³/mol. The largest absolute Gasteiger partial charge is 0.461 e. The van der Waals surface area contributed by atoms with E-state index in [4.69, 9.17) is 4.74 Å². The molecule has 1 heterocycles. The van der Waals surface area contributed by atoms with Crippen molar-refractivity contribution in [2.24, 2.45) is 0 Å². The molecular formula is C11H14BrNO3. The summed E-state index contributed by atoms with van der Waals surface area (Å²) in [6.07, 6.45) is 0. The molecule has 1 rings (SSSR count). The van der Waals surface area contributed by atoms with E-state index in [9.17, 15) is 9.59 Å². The summed E-state index contributed by atoms with van der Waals surface area (Å²) in [5.74, 6) is -0.478. The summed E-state index contributed by atoms with van der Waals surface area (Å²) in [6, 6.07) is 0. The topological polar surface area (TPSA) is 59.2 Å². The first-order valence-corrected chi connectivity index (χ1v) is 6.10. The van der Waals surface area contributed by atoms with Gasteiger partial charge in [0.15, 0.2) is 5.78 Å². The molecule has 0 aromatic carbocycles. The summed E-state index contributed by atoms with van der Waals surface area (Å²) in [6.45, 7) is 5.28. The van der Waals surface area contributed by atoms with E-state index < -0.39 is 5.97 Å². The minimum Gasteiger partial charge on any atom is -0.461 e. The van der Waals surface area contributed by atoms with Crippen LogP contribution in [-0.4, -0.2) is 23.3 Å². The summed E-state index contributed by atoms with van der Waals surface area (Å²) in [4.78, 5) is 26.0. The van der Waals surface area contributed by atoms with E-state index in [1.165, 1.54) is 6.92 Å². The van der Waals surface area contributed by atoms with Crippen LogP contribution in [0.1, 0.15) is 46.0 Å². The van der Waals surface area contributed by atoms with Crippen LogP contribution < -0.4 is 0 Å². The van der Waals surface area contributed by atoms with Crippen molar-refractivity contribution in [1.29, 1.82) is 0 Å². The van der Waals surface area contributed by atoms with Gasteiger partial charge in [0.2, 0.25) is 0 Å². The van der Waals surface area contributed by atoms with Crippen molar-refractivity contribution >= 4 is 27.7 Å². The second kappa shape index (κ2) is 5.30. The third-order valence-corrected chi connectivity index (χ3v) is 2.85. The van der Waals surface area contributed by atoms with Gasteiger partial charge in [0.25, 0.3) is 0 Å². The zero-order valence-corrected chi connectivity index (χ0v) is 11.1. The van der Waals surface area contributed by atoms with Gasteiger partial charge >= 0.3 is 5.97 Å². The maximum Gasteiger partial charge on any atom is 0.355 e. The molecule has 0 spiro atoms. The van der Waals surface area contributed by atoms with Gasteiger partial charge < -0.3 is 9.72 Å². The van der Waals surface area contributed by atoms with Gasteiger partial charge in [-0.15, -0.1) is 0 Å². The highest BCUT2D eigenvalue weighted by Crippen LogP contribution is 2.21. The molecule has 0 aliphatic carbocycles. The molecule has 0 atom stereocenters. The van der Waals surface area contributed by atoms with E-state index in [0.717, 1.165) is 0 Å². The number of ether oxygens (including phenoxy) is 1. The molecule has 0 aliphatic rings. The van der Waals surface area contributed by atoms with Gasteiger partial charge in [-0.3, -0.25) is 4.79 Å². The lowest BCUT2D eigenvalue weighted by molar-refractivity contribution is 0.0519. The number of carbonyl (C=O) groups is 2. The number of hydrogen-bond donors (Lipinski definition) is 1. The number of carbonyl (C=O) groups excluding carboxylic acids is 2. The van der Waals surface area contributed by atoms with Crippen LogP contribution in [0.5, 0.6) is 0 Å². The molecule has 0 fully saturated rings. The number of aromatic nitrogens is 1. The van der Waals surface area contributed by atoms with Crippen LogP contribution in [0.15, 0.2) is 0 Å². The fraction of sp³-hybridized carbons (Fsp3) is 0.455. The van der Waals surface area contributed by atoms with E-state index in [-0.39, 0.29) is 5.78 Å². The molecule has 4 nitrogen and oxygen atoms in total. The molecular weight excluding hydrogens is 274 g/mol. The standard InChI is InChI=1S/C11H14BrNO3/c1-4-16-11(15)10-6(2)9(7(3)14)8(5-12)13-10/h13H,4-5H2,1-3H3. The van der Waals surface area contributed by atoms with Crippen molar-refractivity contribution in [2.45, 2.75) is 26.1 Å². The molecule has 0 radical (unpaired) electrons. The summed E-state index contributed by atoms with van der Waals surface area (Å²) < 4.78 is 4.90. The van der Waals surface area contributed by atoms with Crippen LogP contribution in [-0.2, 0) is 10.1 Å². The molecule has 1 aromatic rings. The Labute approximate surface area is 102 Å². The maximum absolute atomic E-state index is 11.6. The Morgan fingerprint density at radius 2 is 2.06 bits per heavy atom. The second-order valence-electron chi connectivity index (χ2n) is 3.39. The number of ketones is 1. The van der Waals surface area contributed by atoms with E-state index in [2.05, 4.69) is 20.9 Å². The van der Waals surface area contributed by atoms with E-state index >= 15 is 0 Å². The molecule has 0 saturated heterocycles. The monoisotopic (exact) mass is 287 g/mol. The molecule has 5 heteroatoms. The fourth-order valence-electron chi connectivity index (χ4n) is 1.64. The highest BCUT2D eigenvalue weighted by atomic mass is 79.9. The lowest BCUT2D eigenvalue weighted by atomic mass is 10.1. The number of Topliss-reactive ketones (excluding diaryl/α,β-unsaturated/α-hetero) is 1. The third kappa shape index (κ3) is 2.35. The summed E-state index contributed by atoms with van der Waals surface area (Å²) in [7, 11) is 0. The van der Waals surface area contributed by atoms with Crippen molar-refractivity contribution in [3.05, 3.63) is 22.5 Å². The zero-order valence-electron chi connectivity index (χ0n) is 9.52. The Balaban J connectivity index is 3.23. The van der Waals surface area contributed by atoms with Crippen LogP contribution >= 0.6 is 15.9 Å². The predicted octanol–water partition coefficient (Wildman–Crippen LogP) is 2.60. The third-order valence-electron chi connectivity index (χ3n) is 2.29. The Kier molecular flexibility index (Phi) is 4.29. The number of hydrogen-bond acceptors (Lipinski definition) is 3. The van der Waals surface area contributed by atoms with E-state index in [0.29, 0.717) is 34.5 Å². The summed E-state index contributed by atoms with van der Waals surface area (Å²) in [5.41, 5.74) is 2.30. The zero-order chi connectivity index (χ0) is 12.3. The summed E-state index contributed by atoms with van der Waals surface area (Å²) >= 11 is 3.28. The fourth-order valence-corrected chi connectivity index (χ4v) is 2.06. The van der Waals surface area contributed by atoms with Crippen LogP contribution in [0.2, 0.25) is 0 Å². The highest BCUT2D eigenvalue weighted by molar-refractivity contribution is 9.08. The van der Waals surface area contributed by atoms with Crippen molar-refractivity contribution in [3.63, 3.8) is 0 Å². The molecule has 0 unspecified atom stereocenters. The lowest BCUT2D eigenvalue weighted by Gasteiger charge is -2.00. The minimum absolute atomic E-state index is 0.0567. The molecule has 0 saturated carbocycles. The number of alkyl halides is 1. The van der Waals surface area contributed by atoms with E-state index in [1.54, 1.807) is 13.8 Å². The maximum atomic E-state index is 11.6. The first-order valence-electron chi connectivity index (χ1n) is 4.98. The number of H-pyrrole nitrogens is 1. The Morgan fingerprint density at radius 3 is 2.44 bits per heavy atom. The van der Waals surface area contributed by atoms with Crippen LogP contribution in [0.25, 0.3) is 0 Å². The van der Waals surface area contributed by atoms with Gasteiger partial charge in [0.05, 0.1) is 6.61 Å². The Hall–Kier alpha value is -1.10. The highest BCUT2D eigenvalue weighted by Gasteiger charge is 2.21. The smallest absolute Gasteiger partial charge is 0.355 e. The average Bonchev–Trinajstić information content (AvgIpc) is 2.55. The lowest BCUT2D eigenvalue weighted by Crippen LogP contribution is -2.07. The molecule has 0 bridgehead atoms. The number of esters is 1.